The van der Waals surface area contributed by atoms with Crippen molar-refractivity contribution in [2.75, 3.05) is 6.54 Å². The first-order valence-corrected chi connectivity index (χ1v) is 4.37. The molecular formula is C10H11ClFN. The maximum atomic E-state index is 12.9. The smallest absolute Gasteiger partial charge is 0.142 e. The third-order valence-corrected chi connectivity index (χ3v) is 1.91. The van der Waals surface area contributed by atoms with Gasteiger partial charge in [-0.15, -0.1) is 6.58 Å². The van der Waals surface area contributed by atoms with Gasteiger partial charge in [-0.1, -0.05) is 23.7 Å². The highest BCUT2D eigenvalue weighted by atomic mass is 35.5. The molecule has 0 saturated carbocycles. The Morgan fingerprint density at radius 3 is 2.92 bits per heavy atom. The average Bonchev–Trinajstić information content (AvgIpc) is 2.12. The van der Waals surface area contributed by atoms with Crippen molar-refractivity contribution in [1.29, 1.82) is 0 Å². The van der Waals surface area contributed by atoms with Gasteiger partial charge >= 0.3 is 0 Å². The van der Waals surface area contributed by atoms with Gasteiger partial charge in [0, 0.05) is 13.1 Å². The lowest BCUT2D eigenvalue weighted by Crippen LogP contribution is -2.12. The molecule has 0 heterocycles. The molecule has 1 N–H and O–H groups in total. The largest absolute Gasteiger partial charge is 0.309 e. The quantitative estimate of drug-likeness (QED) is 0.581. The van der Waals surface area contributed by atoms with E-state index in [0.717, 1.165) is 5.56 Å². The highest BCUT2D eigenvalue weighted by Crippen LogP contribution is 2.15. The minimum absolute atomic E-state index is 0.160. The third kappa shape index (κ3) is 3.17. The Kier molecular flexibility index (Phi) is 3.93. The van der Waals surface area contributed by atoms with Crippen molar-refractivity contribution in [3.8, 4) is 0 Å². The molecule has 1 rings (SSSR count). The molecule has 0 aliphatic heterocycles. The summed E-state index contributed by atoms with van der Waals surface area (Å²) in [4.78, 5) is 0. The Morgan fingerprint density at radius 1 is 1.54 bits per heavy atom. The van der Waals surface area contributed by atoms with E-state index in [9.17, 15) is 4.39 Å². The predicted octanol–water partition coefficient (Wildman–Crippen LogP) is 2.75. The van der Waals surface area contributed by atoms with Crippen LogP contribution in [0.3, 0.4) is 0 Å². The minimum atomic E-state index is -0.375. The fraction of sp³-hybridized carbons (Fsp3) is 0.200. The van der Waals surface area contributed by atoms with Gasteiger partial charge in [0.25, 0.3) is 0 Å². The summed E-state index contributed by atoms with van der Waals surface area (Å²) in [5.41, 5.74) is 0.878. The van der Waals surface area contributed by atoms with Crippen molar-refractivity contribution in [2.24, 2.45) is 0 Å². The van der Waals surface area contributed by atoms with Gasteiger partial charge < -0.3 is 5.32 Å². The van der Waals surface area contributed by atoms with E-state index in [-0.39, 0.29) is 10.8 Å². The van der Waals surface area contributed by atoms with Gasteiger partial charge in [0.05, 0.1) is 5.02 Å². The van der Waals surface area contributed by atoms with Crippen LogP contribution in [-0.4, -0.2) is 6.54 Å². The van der Waals surface area contributed by atoms with Crippen LogP contribution in [0.15, 0.2) is 30.9 Å². The molecule has 1 aromatic carbocycles. The summed E-state index contributed by atoms with van der Waals surface area (Å²) in [6.07, 6.45) is 1.76. The molecule has 0 bridgehead atoms. The first kappa shape index (κ1) is 10.2. The van der Waals surface area contributed by atoms with Crippen molar-refractivity contribution in [1.82, 2.24) is 5.32 Å². The van der Waals surface area contributed by atoms with Crippen LogP contribution in [-0.2, 0) is 6.54 Å². The number of benzene rings is 1. The predicted molar refractivity (Wildman–Crippen MR) is 53.3 cm³/mol. The second kappa shape index (κ2) is 5.00. The summed E-state index contributed by atoms with van der Waals surface area (Å²) in [5.74, 6) is -0.375. The molecule has 0 saturated heterocycles. The molecule has 0 aliphatic carbocycles. The molecule has 3 heteroatoms. The topological polar surface area (TPSA) is 12.0 Å². The molecule has 1 nitrogen and oxygen atoms in total. The Bertz CT molecular complexity index is 299. The summed E-state index contributed by atoms with van der Waals surface area (Å²) in [5, 5.41) is 3.23. The molecular weight excluding hydrogens is 189 g/mol. The number of rotatable bonds is 4. The second-order valence-electron chi connectivity index (χ2n) is 2.67. The first-order chi connectivity index (χ1) is 6.24. The average molecular weight is 200 g/mol. The molecule has 0 unspecified atom stereocenters. The van der Waals surface area contributed by atoms with E-state index in [4.69, 9.17) is 11.6 Å². The van der Waals surface area contributed by atoms with Crippen molar-refractivity contribution in [3.05, 3.63) is 47.3 Å². The van der Waals surface area contributed by atoms with Gasteiger partial charge in [0.15, 0.2) is 0 Å². The highest BCUT2D eigenvalue weighted by molar-refractivity contribution is 6.30. The Labute approximate surface area is 82.2 Å². The molecule has 0 radical (unpaired) electrons. The molecule has 0 atom stereocenters. The van der Waals surface area contributed by atoms with Gasteiger partial charge in [-0.25, -0.2) is 4.39 Å². The van der Waals surface area contributed by atoms with E-state index < -0.39 is 0 Å². The van der Waals surface area contributed by atoms with Crippen LogP contribution in [0.2, 0.25) is 5.02 Å². The first-order valence-electron chi connectivity index (χ1n) is 3.99. The highest BCUT2D eigenvalue weighted by Gasteiger charge is 1.99. The van der Waals surface area contributed by atoms with Gasteiger partial charge in [-0.3, -0.25) is 0 Å². The molecule has 13 heavy (non-hydrogen) atoms. The van der Waals surface area contributed by atoms with Crippen LogP contribution in [0, 0.1) is 5.82 Å². The summed E-state index contributed by atoms with van der Waals surface area (Å²) in [6.45, 7) is 4.90. The van der Waals surface area contributed by atoms with Crippen LogP contribution >= 0.6 is 11.6 Å². The fourth-order valence-electron chi connectivity index (χ4n) is 0.968. The van der Waals surface area contributed by atoms with Crippen molar-refractivity contribution < 1.29 is 4.39 Å². The monoisotopic (exact) mass is 199 g/mol. The Hall–Kier alpha value is -0.860. The minimum Gasteiger partial charge on any atom is -0.309 e. The molecule has 0 aliphatic rings. The number of halogens is 2. The van der Waals surface area contributed by atoms with Crippen LogP contribution in [0.25, 0.3) is 0 Å². The van der Waals surface area contributed by atoms with E-state index in [1.54, 1.807) is 18.2 Å². The molecule has 0 fully saturated rings. The lowest BCUT2D eigenvalue weighted by molar-refractivity contribution is 0.623. The SMILES string of the molecule is C=CCNCc1ccc(Cl)c(F)c1. The van der Waals surface area contributed by atoms with Gasteiger partial charge in [-0.2, -0.15) is 0 Å². The maximum Gasteiger partial charge on any atom is 0.142 e. The van der Waals surface area contributed by atoms with Gasteiger partial charge in [0.1, 0.15) is 5.82 Å². The number of nitrogens with one attached hydrogen (secondary N) is 1. The Morgan fingerprint density at radius 2 is 2.31 bits per heavy atom. The van der Waals surface area contributed by atoms with Gasteiger partial charge in [0.2, 0.25) is 0 Å². The number of hydrogen-bond donors (Lipinski definition) is 1. The summed E-state index contributed by atoms with van der Waals surface area (Å²) >= 11 is 5.53. The van der Waals surface area contributed by atoms with E-state index in [2.05, 4.69) is 11.9 Å². The van der Waals surface area contributed by atoms with Crippen LogP contribution in [0.1, 0.15) is 5.56 Å². The molecule has 0 spiro atoms. The second-order valence-corrected chi connectivity index (χ2v) is 3.08. The van der Waals surface area contributed by atoms with E-state index in [1.807, 2.05) is 0 Å². The number of hydrogen-bond acceptors (Lipinski definition) is 1. The van der Waals surface area contributed by atoms with E-state index in [0.29, 0.717) is 13.1 Å². The normalized spacial score (nSPS) is 10.0. The third-order valence-electron chi connectivity index (χ3n) is 1.60. The fourth-order valence-corrected chi connectivity index (χ4v) is 1.09. The van der Waals surface area contributed by atoms with Gasteiger partial charge in [-0.05, 0) is 17.7 Å². The van der Waals surface area contributed by atoms with Crippen molar-refractivity contribution >= 4 is 11.6 Å². The molecule has 1 aromatic rings. The van der Waals surface area contributed by atoms with Crippen molar-refractivity contribution in [3.63, 3.8) is 0 Å². The maximum absolute atomic E-state index is 12.9. The lowest BCUT2D eigenvalue weighted by atomic mass is 10.2. The lowest BCUT2D eigenvalue weighted by Gasteiger charge is -2.02. The zero-order valence-corrected chi connectivity index (χ0v) is 7.94. The molecule has 0 amide bonds. The Balaban J connectivity index is 2.57. The van der Waals surface area contributed by atoms with E-state index in [1.165, 1.54) is 6.07 Å². The summed E-state index contributed by atoms with van der Waals surface area (Å²) < 4.78 is 12.9. The van der Waals surface area contributed by atoms with E-state index >= 15 is 0 Å². The summed E-state index contributed by atoms with van der Waals surface area (Å²) in [7, 11) is 0. The van der Waals surface area contributed by atoms with Crippen LogP contribution < -0.4 is 5.32 Å². The standard InChI is InChI=1S/C10H11ClFN/c1-2-5-13-7-8-3-4-9(11)10(12)6-8/h2-4,6,13H,1,5,7H2. The zero-order valence-electron chi connectivity index (χ0n) is 7.19. The molecule has 70 valence electrons. The van der Waals surface area contributed by atoms with Crippen molar-refractivity contribution in [2.45, 2.75) is 6.54 Å². The zero-order chi connectivity index (χ0) is 9.68. The molecule has 0 aromatic heterocycles. The summed E-state index contributed by atoms with van der Waals surface area (Å²) in [6, 6.07) is 4.78. The van der Waals surface area contributed by atoms with Crippen LogP contribution in [0.4, 0.5) is 4.39 Å². The van der Waals surface area contributed by atoms with Crippen LogP contribution in [0.5, 0.6) is 0 Å².